The van der Waals surface area contributed by atoms with E-state index >= 15 is 0 Å². The first kappa shape index (κ1) is 20.5. The lowest BCUT2D eigenvalue weighted by atomic mass is 9.94. The Balaban J connectivity index is 2.39. The maximum absolute atomic E-state index is 13.8. The van der Waals surface area contributed by atoms with E-state index in [1.165, 1.54) is 0 Å². The number of carbonyl (C=O) groups excluding carboxylic acids is 1. The first-order valence-electron chi connectivity index (χ1n) is 9.51. The standard InChI is InChI=1S/C22H25O5P/c1-4-25-22(23)21(28(24,26-5-2)27-6-3)20-18-13-9-7-11-16(18)15-17-12-8-10-14-19(17)20/h7-15,21H,4-6H2,1-3H3. The molecule has 0 amide bonds. The molecule has 0 aromatic heterocycles. The lowest BCUT2D eigenvalue weighted by Gasteiger charge is -2.27. The summed E-state index contributed by atoms with van der Waals surface area (Å²) in [5.41, 5.74) is -0.541. The second-order valence-corrected chi connectivity index (χ2v) is 8.37. The van der Waals surface area contributed by atoms with Crippen molar-refractivity contribution in [2.75, 3.05) is 19.8 Å². The van der Waals surface area contributed by atoms with Crippen LogP contribution >= 0.6 is 7.60 Å². The third-order valence-corrected chi connectivity index (χ3v) is 6.87. The van der Waals surface area contributed by atoms with Gasteiger partial charge in [0.2, 0.25) is 0 Å². The van der Waals surface area contributed by atoms with E-state index in [-0.39, 0.29) is 19.8 Å². The number of ether oxygens (including phenoxy) is 1. The first-order valence-corrected chi connectivity index (χ1v) is 11.1. The molecule has 0 fully saturated rings. The monoisotopic (exact) mass is 400 g/mol. The molecule has 0 saturated carbocycles. The van der Waals surface area contributed by atoms with Gasteiger partial charge in [0.05, 0.1) is 19.8 Å². The highest BCUT2D eigenvalue weighted by Gasteiger charge is 2.45. The van der Waals surface area contributed by atoms with Gasteiger partial charge in [-0.1, -0.05) is 48.5 Å². The van der Waals surface area contributed by atoms with E-state index in [4.69, 9.17) is 13.8 Å². The summed E-state index contributed by atoms with van der Waals surface area (Å²) in [6.07, 6.45) is 0. The van der Waals surface area contributed by atoms with Crippen molar-refractivity contribution in [1.29, 1.82) is 0 Å². The molecule has 0 heterocycles. The first-order chi connectivity index (χ1) is 13.6. The largest absolute Gasteiger partial charge is 0.465 e. The van der Waals surface area contributed by atoms with Crippen LogP contribution in [0.2, 0.25) is 0 Å². The normalized spacial score (nSPS) is 13.0. The lowest BCUT2D eigenvalue weighted by Crippen LogP contribution is -2.20. The van der Waals surface area contributed by atoms with Crippen LogP contribution < -0.4 is 0 Å². The highest BCUT2D eigenvalue weighted by atomic mass is 31.2. The summed E-state index contributed by atoms with van der Waals surface area (Å²) in [4.78, 5) is 13.1. The molecule has 0 spiro atoms. The van der Waals surface area contributed by atoms with Gasteiger partial charge in [0, 0.05) is 0 Å². The topological polar surface area (TPSA) is 61.8 Å². The van der Waals surface area contributed by atoms with E-state index in [1.54, 1.807) is 20.8 Å². The number of carbonyl (C=O) groups is 1. The summed E-state index contributed by atoms with van der Waals surface area (Å²) in [5.74, 6) is -0.603. The van der Waals surface area contributed by atoms with Gasteiger partial charge in [-0.3, -0.25) is 9.36 Å². The van der Waals surface area contributed by atoms with Gasteiger partial charge in [-0.05, 0) is 53.9 Å². The molecule has 0 bridgehead atoms. The third-order valence-electron chi connectivity index (χ3n) is 4.53. The number of rotatable bonds is 8. The average Bonchev–Trinajstić information content (AvgIpc) is 2.68. The Hall–Kier alpha value is -2.20. The Kier molecular flexibility index (Phi) is 6.50. The van der Waals surface area contributed by atoms with Crippen LogP contribution in [0.4, 0.5) is 0 Å². The zero-order valence-corrected chi connectivity index (χ0v) is 17.3. The van der Waals surface area contributed by atoms with Crippen molar-refractivity contribution in [3.63, 3.8) is 0 Å². The lowest BCUT2D eigenvalue weighted by molar-refractivity contribution is -0.143. The molecule has 0 aliphatic rings. The summed E-state index contributed by atoms with van der Waals surface area (Å²) >= 11 is 0. The second-order valence-electron chi connectivity index (χ2n) is 6.26. The highest BCUT2D eigenvalue weighted by Crippen LogP contribution is 2.63. The fourth-order valence-electron chi connectivity index (χ4n) is 3.52. The molecule has 0 aliphatic carbocycles. The van der Waals surface area contributed by atoms with Crippen molar-refractivity contribution >= 4 is 35.1 Å². The molecule has 0 saturated heterocycles. The summed E-state index contributed by atoms with van der Waals surface area (Å²) in [7, 11) is -3.82. The molecule has 0 aliphatic heterocycles. The summed E-state index contributed by atoms with van der Waals surface area (Å²) in [6, 6.07) is 17.5. The van der Waals surface area contributed by atoms with E-state index in [9.17, 15) is 9.36 Å². The zero-order valence-electron chi connectivity index (χ0n) is 16.4. The number of benzene rings is 3. The van der Waals surface area contributed by atoms with E-state index in [2.05, 4.69) is 6.07 Å². The zero-order chi connectivity index (χ0) is 20.1. The van der Waals surface area contributed by atoms with Gasteiger partial charge in [-0.15, -0.1) is 0 Å². The van der Waals surface area contributed by atoms with Crippen molar-refractivity contribution in [1.82, 2.24) is 0 Å². The predicted molar refractivity (Wildman–Crippen MR) is 112 cm³/mol. The smallest absolute Gasteiger partial charge is 0.349 e. The Morgan fingerprint density at radius 3 is 1.82 bits per heavy atom. The van der Waals surface area contributed by atoms with E-state index in [0.29, 0.717) is 5.56 Å². The summed E-state index contributed by atoms with van der Waals surface area (Å²) in [6.45, 7) is 5.69. The molecule has 148 valence electrons. The number of esters is 1. The van der Waals surface area contributed by atoms with Crippen LogP contribution in [-0.4, -0.2) is 25.8 Å². The number of hydrogen-bond donors (Lipinski definition) is 0. The van der Waals surface area contributed by atoms with Crippen LogP contribution in [0, 0.1) is 0 Å². The molecule has 3 rings (SSSR count). The molecule has 1 atom stereocenters. The van der Waals surface area contributed by atoms with Crippen LogP contribution in [0.3, 0.4) is 0 Å². The van der Waals surface area contributed by atoms with Crippen molar-refractivity contribution in [3.8, 4) is 0 Å². The van der Waals surface area contributed by atoms with E-state index < -0.39 is 19.2 Å². The van der Waals surface area contributed by atoms with Crippen molar-refractivity contribution in [2.45, 2.75) is 26.4 Å². The van der Waals surface area contributed by atoms with Gasteiger partial charge in [-0.25, -0.2) is 0 Å². The molecule has 28 heavy (non-hydrogen) atoms. The molecule has 0 N–H and O–H groups in total. The maximum atomic E-state index is 13.8. The van der Waals surface area contributed by atoms with Gasteiger partial charge in [0.25, 0.3) is 0 Å². The van der Waals surface area contributed by atoms with Gasteiger partial charge >= 0.3 is 13.6 Å². The Labute approximate surface area is 165 Å². The molecular weight excluding hydrogens is 375 g/mol. The second kappa shape index (κ2) is 8.87. The fourth-order valence-corrected chi connectivity index (χ4v) is 5.54. The Bertz CT molecular complexity index is 966. The quantitative estimate of drug-likeness (QED) is 0.269. The highest BCUT2D eigenvalue weighted by molar-refractivity contribution is 7.55. The van der Waals surface area contributed by atoms with Crippen LogP contribution in [0.25, 0.3) is 21.5 Å². The molecular formula is C22H25O5P. The minimum atomic E-state index is -3.82. The number of hydrogen-bond acceptors (Lipinski definition) is 5. The molecule has 1 unspecified atom stereocenters. The molecule has 3 aromatic rings. The van der Waals surface area contributed by atoms with Crippen LogP contribution in [0.1, 0.15) is 32.0 Å². The van der Waals surface area contributed by atoms with E-state index in [0.717, 1.165) is 21.5 Å². The Morgan fingerprint density at radius 2 is 1.36 bits per heavy atom. The minimum Gasteiger partial charge on any atom is -0.465 e. The minimum absolute atomic E-state index is 0.163. The van der Waals surface area contributed by atoms with E-state index in [1.807, 2.05) is 48.5 Å². The van der Waals surface area contributed by atoms with Gasteiger partial charge in [0.15, 0.2) is 5.66 Å². The Morgan fingerprint density at radius 1 is 0.857 bits per heavy atom. The van der Waals surface area contributed by atoms with Crippen LogP contribution in [-0.2, 0) is 23.1 Å². The summed E-state index contributed by atoms with van der Waals surface area (Å²) in [5, 5.41) is 3.56. The molecule has 3 aromatic carbocycles. The van der Waals surface area contributed by atoms with Gasteiger partial charge in [0.1, 0.15) is 0 Å². The SMILES string of the molecule is CCOC(=O)C(c1c2ccccc2cc2ccccc12)P(=O)(OCC)OCC. The molecule has 5 nitrogen and oxygen atoms in total. The fraction of sp³-hybridized carbons (Fsp3) is 0.318. The van der Waals surface area contributed by atoms with Crippen LogP contribution in [0.15, 0.2) is 54.6 Å². The number of fused-ring (bicyclic) bond motifs is 2. The molecule has 6 heteroatoms. The van der Waals surface area contributed by atoms with Crippen molar-refractivity contribution < 1.29 is 23.1 Å². The predicted octanol–water partition coefficient (Wildman–Crippen LogP) is 5.86. The van der Waals surface area contributed by atoms with Gasteiger partial charge < -0.3 is 13.8 Å². The van der Waals surface area contributed by atoms with Crippen molar-refractivity contribution in [3.05, 3.63) is 60.2 Å². The van der Waals surface area contributed by atoms with Crippen molar-refractivity contribution in [2.24, 2.45) is 0 Å². The third kappa shape index (κ3) is 3.83. The average molecular weight is 400 g/mol. The maximum Gasteiger partial charge on any atom is 0.349 e. The molecule has 0 radical (unpaired) electrons. The van der Waals surface area contributed by atoms with Gasteiger partial charge in [-0.2, -0.15) is 0 Å². The summed E-state index contributed by atoms with van der Waals surface area (Å²) < 4.78 is 30.3. The van der Waals surface area contributed by atoms with Crippen LogP contribution in [0.5, 0.6) is 0 Å².